The van der Waals surface area contributed by atoms with Crippen LogP contribution in [0.25, 0.3) is 35.4 Å². The van der Waals surface area contributed by atoms with Crippen molar-refractivity contribution >= 4 is 40.2 Å². The van der Waals surface area contributed by atoms with Gasteiger partial charge in [-0.25, -0.2) is 0 Å². The molecule has 0 radical (unpaired) electrons. The molecule has 31 heavy (non-hydrogen) atoms. The normalized spacial score (nSPS) is 12.4. The van der Waals surface area contributed by atoms with Gasteiger partial charge < -0.3 is 19.9 Å². The van der Waals surface area contributed by atoms with Crippen molar-refractivity contribution in [1.82, 2.24) is 19.9 Å². The number of aromatic nitrogens is 4. The minimum atomic E-state index is 1.02. The van der Waals surface area contributed by atoms with Gasteiger partial charge in [-0.15, -0.1) is 0 Å². The van der Waals surface area contributed by atoms with E-state index in [-0.39, 0.29) is 0 Å². The molecule has 1 aliphatic heterocycles. The molecule has 0 aliphatic carbocycles. The van der Waals surface area contributed by atoms with Crippen LogP contribution in [0.5, 0.6) is 0 Å². The van der Waals surface area contributed by atoms with E-state index >= 15 is 0 Å². The van der Waals surface area contributed by atoms with Gasteiger partial charge in [0.15, 0.2) is 0 Å². The van der Waals surface area contributed by atoms with E-state index in [0.717, 1.165) is 59.8 Å². The Morgan fingerprint density at radius 2 is 1.03 bits per heavy atom. The molecule has 0 saturated heterocycles. The van der Waals surface area contributed by atoms with Gasteiger partial charge in [-0.3, -0.25) is 0 Å². The number of benzene rings is 1. The standard InChI is InChI=1S/C26H19BrN4/c27-26-24-15-22-11-9-20(30-22)13-18-7-6-17(28-18)12-19-8-10-21(29-19)14-23(31-24)25(26)16-4-2-1-3-5-16/h1-15,28-31H. The highest BCUT2D eigenvalue weighted by molar-refractivity contribution is 9.10. The first-order valence-corrected chi connectivity index (χ1v) is 10.9. The molecule has 8 bridgehead atoms. The van der Waals surface area contributed by atoms with Crippen LogP contribution in [0, 0.1) is 0 Å². The SMILES string of the molecule is Brc1c(-c2ccccc2)c2[nH]c1=Cc1ccc([nH]1)C=c1ccc([nH]1)=Cc1ccc([nH]1)C=2. The molecular weight excluding hydrogens is 448 g/mol. The summed E-state index contributed by atoms with van der Waals surface area (Å²) >= 11 is 3.86. The van der Waals surface area contributed by atoms with E-state index in [1.54, 1.807) is 0 Å². The van der Waals surface area contributed by atoms with Crippen molar-refractivity contribution in [1.29, 1.82) is 0 Å². The summed E-state index contributed by atoms with van der Waals surface area (Å²) in [4.78, 5) is 14.0. The van der Waals surface area contributed by atoms with Crippen LogP contribution in [0.2, 0.25) is 0 Å². The molecule has 4 nitrogen and oxygen atoms in total. The summed E-state index contributed by atoms with van der Waals surface area (Å²) in [5.41, 5.74) is 6.47. The summed E-state index contributed by atoms with van der Waals surface area (Å²) in [6.45, 7) is 0. The first kappa shape index (κ1) is 18.1. The van der Waals surface area contributed by atoms with E-state index in [4.69, 9.17) is 0 Å². The molecule has 0 amide bonds. The largest absolute Gasteiger partial charge is 0.355 e. The van der Waals surface area contributed by atoms with Crippen LogP contribution in [0.1, 0.15) is 22.8 Å². The number of rotatable bonds is 1. The van der Waals surface area contributed by atoms with Crippen LogP contribution in [0.15, 0.2) is 71.2 Å². The van der Waals surface area contributed by atoms with Crippen molar-refractivity contribution in [3.05, 3.63) is 115 Å². The van der Waals surface area contributed by atoms with Gasteiger partial charge in [0.25, 0.3) is 0 Å². The predicted octanol–water partition coefficient (Wildman–Crippen LogP) is 3.06. The van der Waals surface area contributed by atoms with Crippen molar-refractivity contribution in [3.8, 4) is 11.1 Å². The Balaban J connectivity index is 1.67. The molecule has 0 atom stereocenters. The fraction of sp³-hybridized carbons (Fsp3) is 0. The number of fused-ring (bicyclic) bond motifs is 8. The Morgan fingerprint density at radius 1 is 0.484 bits per heavy atom. The van der Waals surface area contributed by atoms with Crippen molar-refractivity contribution in [2.24, 2.45) is 0 Å². The molecular formula is C26H19BrN4. The second-order valence-electron chi connectivity index (χ2n) is 7.69. The topological polar surface area (TPSA) is 63.2 Å². The zero-order chi connectivity index (χ0) is 20.8. The molecule has 0 fully saturated rings. The highest BCUT2D eigenvalue weighted by Crippen LogP contribution is 2.22. The molecule has 0 spiro atoms. The summed E-state index contributed by atoms with van der Waals surface area (Å²) in [7, 11) is 0. The second-order valence-corrected chi connectivity index (χ2v) is 8.48. The first-order chi connectivity index (χ1) is 15.2. The van der Waals surface area contributed by atoms with Crippen LogP contribution in [-0.2, 0) is 0 Å². The fourth-order valence-corrected chi connectivity index (χ4v) is 4.71. The molecule has 1 aromatic carbocycles. The average Bonchev–Trinajstić information content (AvgIpc) is 3.55. The quantitative estimate of drug-likeness (QED) is 0.287. The summed E-state index contributed by atoms with van der Waals surface area (Å²) in [5.74, 6) is 0. The number of nitrogens with one attached hydrogen (secondary N) is 4. The van der Waals surface area contributed by atoms with Gasteiger partial charge in [-0.1, -0.05) is 30.3 Å². The smallest absolute Gasteiger partial charge is 0.0556 e. The van der Waals surface area contributed by atoms with Crippen molar-refractivity contribution in [3.63, 3.8) is 0 Å². The van der Waals surface area contributed by atoms with Crippen molar-refractivity contribution < 1.29 is 0 Å². The Hall–Kier alpha value is -3.70. The number of H-pyrrole nitrogens is 4. The molecule has 0 saturated carbocycles. The number of hydrogen-bond acceptors (Lipinski definition) is 0. The van der Waals surface area contributed by atoms with E-state index in [2.05, 4.69) is 121 Å². The maximum atomic E-state index is 3.86. The summed E-state index contributed by atoms with van der Waals surface area (Å²) < 4.78 is 1.04. The minimum absolute atomic E-state index is 1.02. The average molecular weight is 467 g/mol. The lowest BCUT2D eigenvalue weighted by Crippen LogP contribution is -2.11. The predicted molar refractivity (Wildman–Crippen MR) is 129 cm³/mol. The van der Waals surface area contributed by atoms with Gasteiger partial charge in [0.1, 0.15) is 0 Å². The molecule has 4 aromatic heterocycles. The molecule has 5 heterocycles. The van der Waals surface area contributed by atoms with Crippen LogP contribution in [0.3, 0.4) is 0 Å². The molecule has 4 N–H and O–H groups in total. The summed E-state index contributed by atoms with van der Waals surface area (Å²) in [5, 5.41) is 4.18. The summed E-state index contributed by atoms with van der Waals surface area (Å²) in [6.07, 6.45) is 8.51. The lowest BCUT2D eigenvalue weighted by Gasteiger charge is -1.99. The van der Waals surface area contributed by atoms with Crippen LogP contribution >= 0.6 is 15.9 Å². The highest BCUT2D eigenvalue weighted by atomic mass is 79.9. The lowest BCUT2D eigenvalue weighted by molar-refractivity contribution is 1.23. The minimum Gasteiger partial charge on any atom is -0.355 e. The van der Waals surface area contributed by atoms with Gasteiger partial charge in [-0.2, -0.15) is 0 Å². The van der Waals surface area contributed by atoms with E-state index in [1.165, 1.54) is 0 Å². The Morgan fingerprint density at radius 3 is 1.65 bits per heavy atom. The fourth-order valence-electron chi connectivity index (χ4n) is 4.05. The van der Waals surface area contributed by atoms with E-state index < -0.39 is 0 Å². The Bertz CT molecular complexity index is 1640. The monoisotopic (exact) mass is 466 g/mol. The number of aromatic amines is 4. The molecule has 5 aromatic rings. The Labute approximate surface area is 186 Å². The van der Waals surface area contributed by atoms with Crippen LogP contribution in [0.4, 0.5) is 0 Å². The third-order valence-electron chi connectivity index (χ3n) is 5.47. The lowest BCUT2D eigenvalue weighted by atomic mass is 10.1. The van der Waals surface area contributed by atoms with Crippen LogP contribution < -0.4 is 21.4 Å². The maximum Gasteiger partial charge on any atom is 0.0556 e. The molecule has 1 aliphatic rings. The summed E-state index contributed by atoms with van der Waals surface area (Å²) in [6, 6.07) is 23.0. The van der Waals surface area contributed by atoms with Gasteiger partial charge in [-0.05, 0) is 82.2 Å². The Kier molecular flexibility index (Phi) is 4.21. The first-order valence-electron chi connectivity index (χ1n) is 10.1. The van der Waals surface area contributed by atoms with E-state index in [0.29, 0.717) is 0 Å². The van der Waals surface area contributed by atoms with Crippen molar-refractivity contribution in [2.45, 2.75) is 0 Å². The van der Waals surface area contributed by atoms with Gasteiger partial charge in [0, 0.05) is 44.4 Å². The van der Waals surface area contributed by atoms with Crippen LogP contribution in [-0.4, -0.2) is 19.9 Å². The van der Waals surface area contributed by atoms with Gasteiger partial charge >= 0.3 is 0 Å². The van der Waals surface area contributed by atoms with Gasteiger partial charge in [0.05, 0.1) is 9.82 Å². The molecule has 0 unspecified atom stereocenters. The second kappa shape index (κ2) is 7.22. The molecule has 150 valence electrons. The van der Waals surface area contributed by atoms with E-state index in [1.807, 2.05) is 6.07 Å². The highest BCUT2D eigenvalue weighted by Gasteiger charge is 2.10. The molecule has 5 heteroatoms. The third kappa shape index (κ3) is 3.43. The molecule has 6 rings (SSSR count). The van der Waals surface area contributed by atoms with Gasteiger partial charge in [0.2, 0.25) is 0 Å². The third-order valence-corrected chi connectivity index (χ3v) is 6.30. The maximum absolute atomic E-state index is 3.86. The van der Waals surface area contributed by atoms with E-state index in [9.17, 15) is 0 Å². The number of halogens is 1. The zero-order valence-corrected chi connectivity index (χ0v) is 18.1. The van der Waals surface area contributed by atoms with Crippen molar-refractivity contribution in [2.75, 3.05) is 0 Å². The number of hydrogen-bond donors (Lipinski definition) is 4. The zero-order valence-electron chi connectivity index (χ0n) is 16.5.